The van der Waals surface area contributed by atoms with Gasteiger partial charge in [-0.25, -0.2) is 4.79 Å². The third-order valence-corrected chi connectivity index (χ3v) is 16.9. The highest BCUT2D eigenvalue weighted by molar-refractivity contribution is 5.89. The Kier molecular flexibility index (Phi) is 9.16. The summed E-state index contributed by atoms with van der Waals surface area (Å²) in [4.78, 5) is 27.4. The maximum absolute atomic E-state index is 14.2. The summed E-state index contributed by atoms with van der Waals surface area (Å²) in [6, 6.07) is 9.10. The number of ether oxygens (including phenoxy) is 2. The SMILES string of the molecule is C=C(C)[C@@H]1CC[C@]2(N)CC[C@]3(C)[C@H](CC[C@@H]4[C@@]5(C)CC=C(C6C=CCC[C@]6(COC(=O)c6ccccc6)C(=O)OCC)C(C)(C)[C@@H]5CC[C@]43C)[C@@H]12. The summed E-state index contributed by atoms with van der Waals surface area (Å²) in [5.74, 6) is 2.04. The third kappa shape index (κ3) is 5.31. The van der Waals surface area contributed by atoms with E-state index >= 15 is 0 Å². The Morgan fingerprint density at radius 3 is 2.33 bits per heavy atom. The second-order valence-electron chi connectivity index (χ2n) is 19.3. The lowest BCUT2D eigenvalue weighted by molar-refractivity contribution is -0.220. The zero-order valence-corrected chi connectivity index (χ0v) is 32.7. The van der Waals surface area contributed by atoms with Crippen LogP contribution in [0.2, 0.25) is 0 Å². The van der Waals surface area contributed by atoms with Crippen LogP contribution in [0.3, 0.4) is 0 Å². The molecule has 0 amide bonds. The molecule has 1 unspecified atom stereocenters. The number of hydrogen-bond acceptors (Lipinski definition) is 5. The Bertz CT molecular complexity index is 1610. The van der Waals surface area contributed by atoms with Crippen molar-refractivity contribution in [3.63, 3.8) is 0 Å². The van der Waals surface area contributed by atoms with Crippen LogP contribution in [0.1, 0.15) is 129 Å². The molecule has 0 spiro atoms. The molecule has 0 radical (unpaired) electrons. The Balaban J connectivity index is 1.22. The Hall–Kier alpha value is -2.66. The lowest BCUT2D eigenvalue weighted by Crippen LogP contribution is -2.67. The van der Waals surface area contributed by atoms with Gasteiger partial charge in [0.15, 0.2) is 0 Å². The summed E-state index contributed by atoms with van der Waals surface area (Å²) < 4.78 is 11.9. The van der Waals surface area contributed by atoms with Crippen molar-refractivity contribution < 1.29 is 19.1 Å². The molecule has 278 valence electrons. The van der Waals surface area contributed by atoms with Crippen LogP contribution in [0.4, 0.5) is 0 Å². The smallest absolute Gasteiger partial charge is 0.338 e. The van der Waals surface area contributed by atoms with Crippen molar-refractivity contribution in [1.82, 2.24) is 0 Å². The summed E-state index contributed by atoms with van der Waals surface area (Å²) in [5.41, 5.74) is 10.0. The van der Waals surface area contributed by atoms with E-state index in [2.05, 4.69) is 66.3 Å². The predicted octanol–water partition coefficient (Wildman–Crippen LogP) is 10.3. The third-order valence-electron chi connectivity index (χ3n) is 16.9. The molecule has 11 atom stereocenters. The molecular weight excluding hydrogens is 631 g/mol. The Labute approximate surface area is 308 Å². The fourth-order valence-corrected chi connectivity index (χ4v) is 14.3. The Morgan fingerprint density at radius 1 is 0.882 bits per heavy atom. The fourth-order valence-electron chi connectivity index (χ4n) is 14.3. The molecule has 4 saturated carbocycles. The minimum atomic E-state index is -0.960. The summed E-state index contributed by atoms with van der Waals surface area (Å²) in [7, 11) is 0. The minimum Gasteiger partial charge on any atom is -0.465 e. The van der Waals surface area contributed by atoms with E-state index in [0.29, 0.717) is 48.2 Å². The van der Waals surface area contributed by atoms with E-state index in [-0.39, 0.29) is 45.7 Å². The number of carbonyl (C=O) groups excluding carboxylic acids is 2. The number of nitrogens with two attached hydrogens (primary N) is 1. The first-order valence-corrected chi connectivity index (χ1v) is 20.3. The van der Waals surface area contributed by atoms with Gasteiger partial charge in [-0.1, -0.05) is 88.8 Å². The predicted molar refractivity (Wildman–Crippen MR) is 205 cm³/mol. The van der Waals surface area contributed by atoms with Crippen molar-refractivity contribution >= 4 is 11.9 Å². The van der Waals surface area contributed by atoms with Gasteiger partial charge < -0.3 is 15.2 Å². The number of benzene rings is 1. The quantitative estimate of drug-likeness (QED) is 0.227. The average Bonchev–Trinajstić information content (AvgIpc) is 3.46. The van der Waals surface area contributed by atoms with Crippen LogP contribution in [0, 0.1) is 62.6 Å². The van der Waals surface area contributed by atoms with E-state index in [1.54, 1.807) is 12.1 Å². The number of esters is 2. The second-order valence-corrected chi connectivity index (χ2v) is 19.3. The normalized spacial score (nSPS) is 43.8. The maximum Gasteiger partial charge on any atom is 0.338 e. The van der Waals surface area contributed by atoms with Crippen molar-refractivity contribution in [2.45, 2.75) is 125 Å². The van der Waals surface area contributed by atoms with Gasteiger partial charge in [0.25, 0.3) is 0 Å². The van der Waals surface area contributed by atoms with Gasteiger partial charge in [-0.2, -0.15) is 0 Å². The molecule has 0 aromatic heterocycles. The van der Waals surface area contributed by atoms with Gasteiger partial charge >= 0.3 is 11.9 Å². The van der Waals surface area contributed by atoms with Gasteiger partial charge in [0.2, 0.25) is 0 Å². The van der Waals surface area contributed by atoms with Crippen molar-refractivity contribution in [3.05, 3.63) is 71.8 Å². The van der Waals surface area contributed by atoms with E-state index in [9.17, 15) is 9.59 Å². The summed E-state index contributed by atoms with van der Waals surface area (Å²) in [6.45, 7) is 21.8. The van der Waals surface area contributed by atoms with Crippen molar-refractivity contribution in [2.75, 3.05) is 13.2 Å². The molecule has 6 aliphatic rings. The lowest BCUT2D eigenvalue weighted by atomic mass is 9.32. The van der Waals surface area contributed by atoms with Crippen LogP contribution in [-0.4, -0.2) is 30.7 Å². The van der Waals surface area contributed by atoms with Crippen molar-refractivity contribution in [3.8, 4) is 0 Å². The molecule has 1 aromatic carbocycles. The van der Waals surface area contributed by atoms with E-state index in [4.69, 9.17) is 15.2 Å². The fraction of sp³-hybridized carbons (Fsp3) is 0.696. The topological polar surface area (TPSA) is 78.6 Å². The molecule has 0 aliphatic heterocycles. The van der Waals surface area contributed by atoms with Gasteiger partial charge in [0.1, 0.15) is 12.0 Å². The summed E-state index contributed by atoms with van der Waals surface area (Å²) in [6.07, 6.45) is 19.1. The average molecular weight is 696 g/mol. The largest absolute Gasteiger partial charge is 0.465 e. The van der Waals surface area contributed by atoms with Crippen molar-refractivity contribution in [2.24, 2.45) is 68.3 Å². The second kappa shape index (κ2) is 12.7. The zero-order valence-electron chi connectivity index (χ0n) is 32.7. The standard InChI is InChI=1S/C46H65NO4/c1-9-50-40(49)45(29-51-39(48)31-15-11-10-12-16-31)23-14-13-17-34(45)33-21-24-42(6)36(41(33,4)5)22-25-44(8)37(42)19-18-35-38-32(30(2)3)20-26-46(38,47)28-27-43(35,44)7/h10-13,15-17,21,32,34-38H,2,9,14,18-20,22-29,47H2,1,3-8H3/t32-,34?,35+,36-,37+,38+,42-,43+,44+,45+,46-/m0/s1. The van der Waals surface area contributed by atoms with Gasteiger partial charge in [0.05, 0.1) is 12.2 Å². The summed E-state index contributed by atoms with van der Waals surface area (Å²) >= 11 is 0. The number of hydrogen-bond donors (Lipinski definition) is 1. The number of allylic oxidation sites excluding steroid dienone is 5. The number of rotatable bonds is 7. The van der Waals surface area contributed by atoms with Gasteiger partial charge in [-0.15, -0.1) is 0 Å². The molecule has 4 fully saturated rings. The first kappa shape index (κ1) is 36.7. The van der Waals surface area contributed by atoms with Gasteiger partial charge in [-0.3, -0.25) is 4.79 Å². The highest BCUT2D eigenvalue weighted by Gasteiger charge is 2.70. The molecule has 51 heavy (non-hydrogen) atoms. The molecule has 5 nitrogen and oxygen atoms in total. The van der Waals surface area contributed by atoms with Crippen LogP contribution >= 0.6 is 0 Å². The van der Waals surface area contributed by atoms with Crippen LogP contribution < -0.4 is 5.73 Å². The Morgan fingerprint density at radius 2 is 1.63 bits per heavy atom. The van der Waals surface area contributed by atoms with Gasteiger partial charge in [0, 0.05) is 11.5 Å². The summed E-state index contributed by atoms with van der Waals surface area (Å²) in [5, 5.41) is 0. The molecule has 7 rings (SSSR count). The molecule has 5 heteroatoms. The van der Waals surface area contributed by atoms with Crippen molar-refractivity contribution in [1.29, 1.82) is 0 Å². The monoisotopic (exact) mass is 695 g/mol. The van der Waals surface area contributed by atoms with Crippen LogP contribution in [0.15, 0.2) is 66.3 Å². The van der Waals surface area contributed by atoms with Gasteiger partial charge in [-0.05, 0) is 148 Å². The number of carbonyl (C=O) groups is 2. The first-order chi connectivity index (χ1) is 24.1. The highest BCUT2D eigenvalue weighted by atomic mass is 16.6. The molecule has 0 heterocycles. The number of fused-ring (bicyclic) bond motifs is 7. The van der Waals surface area contributed by atoms with E-state index < -0.39 is 11.4 Å². The molecular formula is C46H65NO4. The molecule has 2 N–H and O–H groups in total. The van der Waals surface area contributed by atoms with E-state index in [1.165, 1.54) is 49.7 Å². The molecule has 1 aromatic rings. The first-order valence-electron chi connectivity index (χ1n) is 20.3. The molecule has 0 bridgehead atoms. The zero-order chi connectivity index (χ0) is 36.6. The van der Waals surface area contributed by atoms with E-state index in [0.717, 1.165) is 25.7 Å². The van der Waals surface area contributed by atoms with Crippen LogP contribution in [0.5, 0.6) is 0 Å². The van der Waals surface area contributed by atoms with Crippen LogP contribution in [-0.2, 0) is 14.3 Å². The minimum absolute atomic E-state index is 0.0132. The molecule has 0 saturated heterocycles. The van der Waals surface area contributed by atoms with E-state index in [1.807, 2.05) is 25.1 Å². The maximum atomic E-state index is 14.2. The highest BCUT2D eigenvalue weighted by Crippen LogP contribution is 2.76. The lowest BCUT2D eigenvalue weighted by Gasteiger charge is -2.72. The van der Waals surface area contributed by atoms with Crippen LogP contribution in [0.25, 0.3) is 0 Å². The molecule has 6 aliphatic carbocycles.